The number of hydrogen-bond donors (Lipinski definition) is 2. The molecular formula is C32H35N11O2S. The van der Waals surface area contributed by atoms with E-state index in [1.165, 1.54) is 0 Å². The zero-order valence-corrected chi connectivity index (χ0v) is 26.6. The van der Waals surface area contributed by atoms with Gasteiger partial charge in [0.05, 0.1) is 28.2 Å². The number of carbonyl (C=O) groups is 2. The van der Waals surface area contributed by atoms with E-state index in [1.807, 2.05) is 31.0 Å². The molecule has 14 heteroatoms. The van der Waals surface area contributed by atoms with Crippen molar-refractivity contribution in [1.29, 1.82) is 5.41 Å². The van der Waals surface area contributed by atoms with E-state index in [-0.39, 0.29) is 24.1 Å². The third-order valence-corrected chi connectivity index (χ3v) is 10.2. The lowest BCUT2D eigenvalue weighted by Gasteiger charge is -2.28. The normalized spacial score (nSPS) is 20.1. The van der Waals surface area contributed by atoms with Crippen LogP contribution in [0.15, 0.2) is 49.1 Å². The van der Waals surface area contributed by atoms with E-state index in [0.29, 0.717) is 74.2 Å². The Hall–Kier alpha value is -4.82. The van der Waals surface area contributed by atoms with Gasteiger partial charge in [-0.25, -0.2) is 15.0 Å². The molecule has 1 spiro atoms. The summed E-state index contributed by atoms with van der Waals surface area (Å²) in [6.45, 7) is 5.11. The van der Waals surface area contributed by atoms with Gasteiger partial charge >= 0.3 is 0 Å². The maximum Gasteiger partial charge on any atom is 0.237 e. The number of nitrogen functional groups attached to an aromatic ring is 1. The molecule has 0 radical (unpaired) electrons. The van der Waals surface area contributed by atoms with Gasteiger partial charge in [0, 0.05) is 56.9 Å². The fraction of sp³-hybridized carbons (Fsp3) is 0.375. The smallest absolute Gasteiger partial charge is 0.237 e. The van der Waals surface area contributed by atoms with Gasteiger partial charge in [-0.05, 0) is 62.6 Å². The molecule has 13 nitrogen and oxygen atoms in total. The topological polar surface area (TPSA) is 163 Å². The van der Waals surface area contributed by atoms with E-state index in [4.69, 9.17) is 11.1 Å². The largest absolute Gasteiger partial charge is 0.397 e. The number of anilines is 2. The van der Waals surface area contributed by atoms with Crippen molar-refractivity contribution in [1.82, 2.24) is 39.5 Å². The summed E-state index contributed by atoms with van der Waals surface area (Å²) in [5.41, 5.74) is 9.14. The summed E-state index contributed by atoms with van der Waals surface area (Å²) in [6.07, 6.45) is 9.32. The summed E-state index contributed by atoms with van der Waals surface area (Å²) in [6, 6.07) is 7.11. The second-order valence-corrected chi connectivity index (χ2v) is 13.2. The Labute approximate surface area is 270 Å². The van der Waals surface area contributed by atoms with E-state index < -0.39 is 5.41 Å². The highest BCUT2D eigenvalue weighted by Crippen LogP contribution is 2.42. The molecule has 236 valence electrons. The second-order valence-electron chi connectivity index (χ2n) is 12.2. The zero-order valence-electron chi connectivity index (χ0n) is 25.8. The number of aryl methyl sites for hydroxylation is 2. The van der Waals surface area contributed by atoms with E-state index in [9.17, 15) is 9.59 Å². The molecule has 7 rings (SSSR count). The number of amides is 2. The summed E-state index contributed by atoms with van der Waals surface area (Å²) >= 11 is 1.56. The van der Waals surface area contributed by atoms with Gasteiger partial charge in [0.1, 0.15) is 22.8 Å². The fourth-order valence-corrected chi connectivity index (χ4v) is 7.35. The van der Waals surface area contributed by atoms with Gasteiger partial charge in [0.15, 0.2) is 5.82 Å². The van der Waals surface area contributed by atoms with Gasteiger partial charge in [-0.1, -0.05) is 6.08 Å². The van der Waals surface area contributed by atoms with Crippen LogP contribution in [-0.2, 0) is 16.6 Å². The monoisotopic (exact) mass is 637 g/mol. The van der Waals surface area contributed by atoms with Crippen LogP contribution in [0.5, 0.6) is 0 Å². The predicted molar refractivity (Wildman–Crippen MR) is 175 cm³/mol. The molecule has 7 heterocycles. The molecule has 2 amide bonds. The summed E-state index contributed by atoms with van der Waals surface area (Å²) in [5, 5.41) is 14.0. The minimum atomic E-state index is -0.544. The average molecular weight is 638 g/mol. The third-order valence-electron chi connectivity index (χ3n) is 9.09. The van der Waals surface area contributed by atoms with Gasteiger partial charge in [-0.15, -0.1) is 11.3 Å². The van der Waals surface area contributed by atoms with Gasteiger partial charge in [0.25, 0.3) is 0 Å². The Balaban J connectivity index is 0.966. The predicted octanol–water partition coefficient (Wildman–Crippen LogP) is 2.78. The summed E-state index contributed by atoms with van der Waals surface area (Å²) in [5.74, 6) is 1.24. The van der Waals surface area contributed by atoms with E-state index in [0.717, 1.165) is 27.6 Å². The van der Waals surface area contributed by atoms with Crippen molar-refractivity contribution >= 4 is 45.9 Å². The fourth-order valence-electron chi connectivity index (χ4n) is 6.43. The van der Waals surface area contributed by atoms with E-state index in [1.54, 1.807) is 51.8 Å². The molecule has 1 atom stereocenters. The molecular weight excluding hydrogens is 602 g/mol. The molecule has 4 aromatic heterocycles. The third kappa shape index (κ3) is 5.58. The molecule has 4 aromatic rings. The number of hydrogen-bond acceptors (Lipinski definition) is 11. The van der Waals surface area contributed by atoms with Crippen molar-refractivity contribution in [3.63, 3.8) is 0 Å². The Bertz CT molecular complexity index is 1860. The highest BCUT2D eigenvalue weighted by Gasteiger charge is 2.51. The lowest BCUT2D eigenvalue weighted by Crippen LogP contribution is -2.43. The number of rotatable bonds is 7. The summed E-state index contributed by atoms with van der Waals surface area (Å²) in [4.78, 5) is 51.6. The summed E-state index contributed by atoms with van der Waals surface area (Å²) < 4.78 is 1.67. The molecule has 0 unspecified atom stereocenters. The molecule has 3 aliphatic heterocycles. The van der Waals surface area contributed by atoms with Crippen LogP contribution in [0, 0.1) is 17.7 Å². The van der Waals surface area contributed by atoms with Crippen LogP contribution >= 0.6 is 11.3 Å². The molecule has 3 aliphatic rings. The maximum absolute atomic E-state index is 13.8. The average Bonchev–Trinajstić information content (AvgIpc) is 3.87. The summed E-state index contributed by atoms with van der Waals surface area (Å²) in [7, 11) is 1.84. The Kier molecular flexibility index (Phi) is 7.69. The van der Waals surface area contributed by atoms with Crippen LogP contribution in [0.2, 0.25) is 0 Å². The first-order valence-corrected chi connectivity index (χ1v) is 16.1. The number of nitrogens with zero attached hydrogens (tertiary/aromatic N) is 9. The van der Waals surface area contributed by atoms with E-state index >= 15 is 0 Å². The van der Waals surface area contributed by atoms with Crippen LogP contribution in [0.1, 0.15) is 41.2 Å². The first-order chi connectivity index (χ1) is 22.2. The standard InChI is InChI=1S/C32H35N11O2S/c1-20-3-4-22(15-35-20)27(34)28-23(33)5-6-25(38-28)43-14-10-32(31(43)45)9-13-41(18-32)17-26(44)42-11-7-21(8-12-42)30-36-16-24(46-30)29-37-19-40(2)39-29/h3-7,15-16,19,34H,8-14,17-18,33H2,1-2H3/t32-/m0/s1. The van der Waals surface area contributed by atoms with Crippen molar-refractivity contribution in [3.8, 4) is 10.7 Å². The van der Waals surface area contributed by atoms with Crippen LogP contribution in [-0.4, -0.2) is 96.3 Å². The molecule has 3 N–H and O–H groups in total. The van der Waals surface area contributed by atoms with Crippen LogP contribution in [0.3, 0.4) is 0 Å². The van der Waals surface area contributed by atoms with Crippen molar-refractivity contribution in [2.75, 3.05) is 49.9 Å². The highest BCUT2D eigenvalue weighted by atomic mass is 32.1. The number of carbonyl (C=O) groups excluding carboxylic acids is 2. The second kappa shape index (κ2) is 11.8. The van der Waals surface area contributed by atoms with Gasteiger partial charge in [-0.2, -0.15) is 5.10 Å². The molecule has 0 bridgehead atoms. The lowest BCUT2D eigenvalue weighted by molar-refractivity contribution is -0.132. The number of aromatic nitrogens is 6. The number of nitrogens with two attached hydrogens (primary N) is 1. The molecule has 0 aliphatic carbocycles. The van der Waals surface area contributed by atoms with Crippen molar-refractivity contribution < 1.29 is 9.59 Å². The Morgan fingerprint density at radius 2 is 1.93 bits per heavy atom. The van der Waals surface area contributed by atoms with Crippen LogP contribution < -0.4 is 10.6 Å². The van der Waals surface area contributed by atoms with Crippen LogP contribution in [0.25, 0.3) is 16.3 Å². The van der Waals surface area contributed by atoms with Crippen molar-refractivity contribution in [2.45, 2.75) is 26.2 Å². The van der Waals surface area contributed by atoms with Crippen molar-refractivity contribution in [2.24, 2.45) is 12.5 Å². The molecule has 2 fully saturated rings. The molecule has 0 saturated carbocycles. The minimum Gasteiger partial charge on any atom is -0.397 e. The van der Waals surface area contributed by atoms with Crippen LogP contribution in [0.4, 0.5) is 11.5 Å². The molecule has 2 saturated heterocycles. The van der Waals surface area contributed by atoms with Gasteiger partial charge in [0.2, 0.25) is 11.8 Å². The Morgan fingerprint density at radius 1 is 1.09 bits per heavy atom. The Morgan fingerprint density at radius 3 is 2.67 bits per heavy atom. The zero-order chi connectivity index (χ0) is 32.0. The number of nitrogens with one attached hydrogen (secondary N) is 1. The van der Waals surface area contributed by atoms with Gasteiger partial charge in [-0.3, -0.25) is 34.5 Å². The maximum atomic E-state index is 13.8. The molecule has 46 heavy (non-hydrogen) atoms. The van der Waals surface area contributed by atoms with E-state index in [2.05, 4.69) is 36.0 Å². The quantitative estimate of drug-likeness (QED) is 0.290. The minimum absolute atomic E-state index is 0.0171. The first-order valence-electron chi connectivity index (χ1n) is 15.3. The number of pyridine rings is 2. The van der Waals surface area contributed by atoms with Crippen molar-refractivity contribution in [3.05, 3.63) is 71.0 Å². The SMILES string of the molecule is Cc1ccc(C(=N)c2nc(N3CC[C@]4(CCN(CC(=O)N5CC=C(c6ncc(-c7ncn(C)n7)s6)CC5)C4)C3=O)ccc2N)cn1. The lowest BCUT2D eigenvalue weighted by atomic mass is 9.85. The number of likely N-dealkylation sites (tertiary alicyclic amines) is 1. The number of thiazole rings is 1. The first kappa shape index (κ1) is 29.9. The van der Waals surface area contributed by atoms with Gasteiger partial charge < -0.3 is 10.6 Å². The highest BCUT2D eigenvalue weighted by molar-refractivity contribution is 7.16. The molecule has 0 aromatic carbocycles.